The second kappa shape index (κ2) is 6.58. The summed E-state index contributed by atoms with van der Waals surface area (Å²) in [6.07, 6.45) is 0. The third kappa shape index (κ3) is 2.74. The molecule has 1 aromatic heterocycles. The summed E-state index contributed by atoms with van der Waals surface area (Å²) in [5.41, 5.74) is 14.9. The molecule has 0 saturated heterocycles. The van der Waals surface area contributed by atoms with Gasteiger partial charge in [-0.15, -0.1) is 5.10 Å². The summed E-state index contributed by atoms with van der Waals surface area (Å²) in [4.78, 5) is 0. The average Bonchev–Trinajstić information content (AvgIpc) is 3.08. The number of hydrogen-bond donors (Lipinski definition) is 2. The minimum Gasteiger partial charge on any atom is -0.420 e. The van der Waals surface area contributed by atoms with Crippen molar-refractivity contribution in [3.05, 3.63) is 81.2 Å². The van der Waals surface area contributed by atoms with E-state index in [2.05, 4.69) is 66.5 Å². The Labute approximate surface area is 164 Å². The number of allylic oxidation sites excluding steroid dienone is 1. The number of benzene rings is 2. The first-order chi connectivity index (χ1) is 13.4. The number of nitriles is 1. The smallest absolute Gasteiger partial charge is 0.244 e. The van der Waals surface area contributed by atoms with Crippen LogP contribution in [0.4, 0.5) is 0 Å². The Morgan fingerprint density at radius 3 is 2.50 bits per heavy atom. The highest BCUT2D eigenvalue weighted by Gasteiger charge is 2.36. The maximum atomic E-state index is 9.86. The zero-order valence-corrected chi connectivity index (χ0v) is 16.4. The van der Waals surface area contributed by atoms with Crippen LogP contribution < -0.4 is 10.5 Å². The minimum absolute atomic E-state index is 0.110. The molecule has 0 fully saturated rings. The van der Waals surface area contributed by atoms with E-state index >= 15 is 0 Å². The van der Waals surface area contributed by atoms with Gasteiger partial charge in [-0.05, 0) is 56.0 Å². The highest BCUT2D eigenvalue weighted by atomic mass is 16.5. The standard InChI is InChI=1S/C23H22N4O/c1-12-5-6-14(3)17(9-12)19-18(11-24)22(25)28-23-20(19)21(26-27-23)16-8-7-13(2)15(4)10-16/h5-10,19H,25H2,1-4H3,(H,26,27)/t19-/m0/s1. The molecule has 0 saturated carbocycles. The predicted molar refractivity (Wildman–Crippen MR) is 109 cm³/mol. The van der Waals surface area contributed by atoms with Gasteiger partial charge in [-0.2, -0.15) is 5.26 Å². The number of ether oxygens (including phenoxy) is 1. The van der Waals surface area contributed by atoms with Crippen LogP contribution in [-0.4, -0.2) is 10.2 Å². The lowest BCUT2D eigenvalue weighted by Gasteiger charge is -2.25. The van der Waals surface area contributed by atoms with Gasteiger partial charge >= 0.3 is 0 Å². The van der Waals surface area contributed by atoms with Gasteiger partial charge in [-0.3, -0.25) is 5.10 Å². The van der Waals surface area contributed by atoms with Crippen molar-refractivity contribution in [1.82, 2.24) is 10.2 Å². The van der Waals surface area contributed by atoms with Gasteiger partial charge in [0.05, 0.1) is 17.2 Å². The topological polar surface area (TPSA) is 87.7 Å². The van der Waals surface area contributed by atoms with Crippen LogP contribution in [-0.2, 0) is 0 Å². The number of rotatable bonds is 2. The Morgan fingerprint density at radius 2 is 1.79 bits per heavy atom. The largest absolute Gasteiger partial charge is 0.420 e. The van der Waals surface area contributed by atoms with Gasteiger partial charge < -0.3 is 10.5 Å². The van der Waals surface area contributed by atoms with Crippen LogP contribution in [0.25, 0.3) is 11.3 Å². The van der Waals surface area contributed by atoms with E-state index in [1.165, 1.54) is 11.1 Å². The number of nitrogens with two attached hydrogens (primary N) is 1. The molecule has 5 heteroatoms. The number of hydrogen-bond acceptors (Lipinski definition) is 4. The van der Waals surface area contributed by atoms with Crippen molar-refractivity contribution in [2.75, 3.05) is 0 Å². The van der Waals surface area contributed by atoms with E-state index in [1.807, 2.05) is 13.8 Å². The highest BCUT2D eigenvalue weighted by Crippen LogP contribution is 2.46. The van der Waals surface area contributed by atoms with Crippen molar-refractivity contribution >= 4 is 0 Å². The average molecular weight is 370 g/mol. The number of nitrogens with one attached hydrogen (secondary N) is 1. The fourth-order valence-corrected chi connectivity index (χ4v) is 3.74. The molecule has 5 nitrogen and oxygen atoms in total. The second-order valence-electron chi connectivity index (χ2n) is 7.40. The molecule has 0 amide bonds. The predicted octanol–water partition coefficient (Wildman–Crippen LogP) is 4.53. The van der Waals surface area contributed by atoms with Crippen LogP contribution in [0.1, 0.15) is 39.3 Å². The Balaban J connectivity index is 1.99. The third-order valence-electron chi connectivity index (χ3n) is 5.48. The number of H-pyrrole nitrogens is 1. The molecule has 2 aromatic carbocycles. The fourth-order valence-electron chi connectivity index (χ4n) is 3.74. The number of fused-ring (bicyclic) bond motifs is 1. The molecule has 2 heterocycles. The van der Waals surface area contributed by atoms with E-state index in [-0.39, 0.29) is 11.8 Å². The number of aromatic amines is 1. The fraction of sp³-hybridized carbons (Fsp3) is 0.217. The third-order valence-corrected chi connectivity index (χ3v) is 5.48. The van der Waals surface area contributed by atoms with E-state index in [1.54, 1.807) is 0 Å². The maximum absolute atomic E-state index is 9.86. The summed E-state index contributed by atoms with van der Waals surface area (Å²) in [5.74, 6) is 0.207. The normalized spacial score (nSPS) is 15.8. The second-order valence-corrected chi connectivity index (χ2v) is 7.40. The molecule has 28 heavy (non-hydrogen) atoms. The van der Waals surface area contributed by atoms with Gasteiger partial charge in [0, 0.05) is 5.56 Å². The molecule has 0 bridgehead atoms. The first-order valence-corrected chi connectivity index (χ1v) is 9.21. The Bertz CT molecular complexity index is 1160. The lowest BCUT2D eigenvalue weighted by Crippen LogP contribution is -2.21. The lowest BCUT2D eigenvalue weighted by atomic mass is 9.80. The van der Waals surface area contributed by atoms with Gasteiger partial charge in [0.2, 0.25) is 11.8 Å². The first-order valence-electron chi connectivity index (χ1n) is 9.21. The van der Waals surface area contributed by atoms with Gasteiger partial charge in [-0.25, -0.2) is 0 Å². The van der Waals surface area contributed by atoms with Crippen LogP contribution in [0.2, 0.25) is 0 Å². The molecule has 0 spiro atoms. The summed E-state index contributed by atoms with van der Waals surface area (Å²) >= 11 is 0. The maximum Gasteiger partial charge on any atom is 0.244 e. The summed E-state index contributed by atoms with van der Waals surface area (Å²) in [6.45, 7) is 8.26. The van der Waals surface area contributed by atoms with Gasteiger partial charge in [0.25, 0.3) is 0 Å². The molecular weight excluding hydrogens is 348 g/mol. The van der Waals surface area contributed by atoms with Crippen molar-refractivity contribution in [2.45, 2.75) is 33.6 Å². The van der Waals surface area contributed by atoms with Crippen molar-refractivity contribution < 1.29 is 4.74 Å². The van der Waals surface area contributed by atoms with Crippen molar-refractivity contribution in [3.63, 3.8) is 0 Å². The molecule has 1 atom stereocenters. The quantitative estimate of drug-likeness (QED) is 0.694. The van der Waals surface area contributed by atoms with Gasteiger partial charge in [-0.1, -0.05) is 35.9 Å². The number of nitrogens with zero attached hydrogens (tertiary/aromatic N) is 2. The lowest BCUT2D eigenvalue weighted by molar-refractivity contribution is 0.379. The summed E-state index contributed by atoms with van der Waals surface area (Å²) < 4.78 is 5.71. The SMILES string of the molecule is Cc1ccc(C)c([C@H]2C(C#N)=C(N)Oc3n[nH]c(-c4ccc(C)c(C)c4)c32)c1. The molecule has 1 aliphatic rings. The molecule has 0 unspecified atom stereocenters. The van der Waals surface area contributed by atoms with Crippen LogP contribution in [0.15, 0.2) is 47.9 Å². The first kappa shape index (κ1) is 17.9. The van der Waals surface area contributed by atoms with Crippen molar-refractivity contribution in [1.29, 1.82) is 5.26 Å². The Kier molecular flexibility index (Phi) is 4.20. The molecule has 1 aliphatic heterocycles. The van der Waals surface area contributed by atoms with E-state index < -0.39 is 0 Å². The summed E-state index contributed by atoms with van der Waals surface area (Å²) in [7, 11) is 0. The Hall–Kier alpha value is -3.52. The van der Waals surface area contributed by atoms with Crippen LogP contribution >= 0.6 is 0 Å². The van der Waals surface area contributed by atoms with Crippen LogP contribution in [0.5, 0.6) is 5.88 Å². The van der Waals surface area contributed by atoms with E-state index in [4.69, 9.17) is 10.5 Å². The van der Waals surface area contributed by atoms with E-state index in [0.29, 0.717) is 11.5 Å². The molecular formula is C23H22N4O. The van der Waals surface area contributed by atoms with Crippen LogP contribution in [0, 0.1) is 39.0 Å². The number of aryl methyl sites for hydroxylation is 4. The van der Waals surface area contributed by atoms with E-state index in [9.17, 15) is 5.26 Å². The minimum atomic E-state index is -0.330. The molecule has 3 N–H and O–H groups in total. The molecule has 0 radical (unpaired) electrons. The molecule has 4 rings (SSSR count). The molecule has 0 aliphatic carbocycles. The Morgan fingerprint density at radius 1 is 1.04 bits per heavy atom. The van der Waals surface area contributed by atoms with Crippen LogP contribution in [0.3, 0.4) is 0 Å². The van der Waals surface area contributed by atoms with Gasteiger partial charge in [0.15, 0.2) is 0 Å². The molecule has 3 aromatic rings. The van der Waals surface area contributed by atoms with E-state index in [0.717, 1.165) is 33.5 Å². The molecule has 140 valence electrons. The highest BCUT2D eigenvalue weighted by molar-refractivity contribution is 5.72. The monoisotopic (exact) mass is 370 g/mol. The van der Waals surface area contributed by atoms with Crippen molar-refractivity contribution in [2.24, 2.45) is 5.73 Å². The van der Waals surface area contributed by atoms with Crippen molar-refractivity contribution in [3.8, 4) is 23.2 Å². The zero-order chi connectivity index (χ0) is 20.0. The zero-order valence-electron chi connectivity index (χ0n) is 16.4. The summed E-state index contributed by atoms with van der Waals surface area (Å²) in [6, 6.07) is 14.8. The van der Waals surface area contributed by atoms with Gasteiger partial charge in [0.1, 0.15) is 11.6 Å². The number of aromatic nitrogens is 2. The summed E-state index contributed by atoms with van der Waals surface area (Å²) in [5, 5.41) is 17.3.